The summed E-state index contributed by atoms with van der Waals surface area (Å²) in [6.07, 6.45) is 0. The summed E-state index contributed by atoms with van der Waals surface area (Å²) in [5, 5.41) is 0. The fraction of sp³-hybridized carbons (Fsp3) is 0.286. The maximum absolute atomic E-state index is 5.89. The standard InChI is InChI=1S/C14H15BrOS/c1-9-6-10(2)11(3)13(7-9)16-8-12-4-5-14(15)17-12/h4-7H,8H2,1-3H3. The molecule has 90 valence electrons. The van der Waals surface area contributed by atoms with Crippen LogP contribution in [0.2, 0.25) is 0 Å². The second-order valence-electron chi connectivity index (χ2n) is 4.20. The summed E-state index contributed by atoms with van der Waals surface area (Å²) in [6.45, 7) is 6.96. The molecule has 0 atom stereocenters. The summed E-state index contributed by atoms with van der Waals surface area (Å²) in [5.74, 6) is 0.993. The highest BCUT2D eigenvalue weighted by Crippen LogP contribution is 2.27. The van der Waals surface area contributed by atoms with E-state index in [2.05, 4.69) is 61.0 Å². The molecule has 1 aromatic carbocycles. The topological polar surface area (TPSA) is 9.23 Å². The van der Waals surface area contributed by atoms with Gasteiger partial charge in [0.1, 0.15) is 12.4 Å². The Balaban J connectivity index is 2.14. The molecule has 0 saturated heterocycles. The highest BCUT2D eigenvalue weighted by molar-refractivity contribution is 9.11. The van der Waals surface area contributed by atoms with Gasteiger partial charge in [0.2, 0.25) is 0 Å². The Morgan fingerprint density at radius 2 is 1.94 bits per heavy atom. The Morgan fingerprint density at radius 3 is 2.59 bits per heavy atom. The molecule has 0 amide bonds. The molecular formula is C14H15BrOS. The molecule has 0 spiro atoms. The molecule has 2 aromatic rings. The third-order valence-electron chi connectivity index (χ3n) is 2.76. The van der Waals surface area contributed by atoms with E-state index in [0.717, 1.165) is 9.54 Å². The molecule has 0 unspecified atom stereocenters. The first kappa shape index (κ1) is 12.7. The number of hydrogen-bond donors (Lipinski definition) is 0. The Bertz CT molecular complexity index is 531. The second kappa shape index (κ2) is 5.23. The molecule has 0 aliphatic carbocycles. The van der Waals surface area contributed by atoms with Crippen LogP contribution < -0.4 is 4.74 Å². The molecule has 0 fully saturated rings. The number of rotatable bonds is 3. The van der Waals surface area contributed by atoms with Crippen LogP contribution in [0.15, 0.2) is 28.1 Å². The molecule has 0 aliphatic rings. The second-order valence-corrected chi connectivity index (χ2v) is 6.75. The van der Waals surface area contributed by atoms with Crippen molar-refractivity contribution in [1.29, 1.82) is 0 Å². The smallest absolute Gasteiger partial charge is 0.123 e. The Morgan fingerprint density at radius 1 is 1.18 bits per heavy atom. The quantitative estimate of drug-likeness (QED) is 0.774. The predicted octanol–water partition coefficient (Wildman–Crippen LogP) is 5.01. The van der Waals surface area contributed by atoms with Gasteiger partial charge in [-0.15, -0.1) is 11.3 Å². The van der Waals surface area contributed by atoms with Crippen molar-refractivity contribution in [1.82, 2.24) is 0 Å². The minimum atomic E-state index is 0.639. The third kappa shape index (κ3) is 3.11. The first-order chi connectivity index (χ1) is 8.06. The number of ether oxygens (including phenoxy) is 1. The van der Waals surface area contributed by atoms with Gasteiger partial charge in [-0.2, -0.15) is 0 Å². The van der Waals surface area contributed by atoms with Crippen molar-refractivity contribution in [3.05, 3.63) is 49.6 Å². The Labute approximate surface area is 115 Å². The highest BCUT2D eigenvalue weighted by Gasteiger charge is 2.05. The van der Waals surface area contributed by atoms with E-state index in [1.165, 1.54) is 21.6 Å². The van der Waals surface area contributed by atoms with Crippen LogP contribution in [0.5, 0.6) is 5.75 Å². The van der Waals surface area contributed by atoms with E-state index in [9.17, 15) is 0 Å². The van der Waals surface area contributed by atoms with Crippen LogP contribution in [-0.4, -0.2) is 0 Å². The van der Waals surface area contributed by atoms with Crippen LogP contribution in [0.25, 0.3) is 0 Å². The van der Waals surface area contributed by atoms with Crippen molar-refractivity contribution >= 4 is 27.3 Å². The fourth-order valence-electron chi connectivity index (χ4n) is 1.73. The summed E-state index contributed by atoms with van der Waals surface area (Å²) in [5.41, 5.74) is 3.76. The van der Waals surface area contributed by atoms with Gasteiger partial charge in [0, 0.05) is 4.88 Å². The van der Waals surface area contributed by atoms with E-state index in [1.54, 1.807) is 11.3 Å². The lowest BCUT2D eigenvalue weighted by Crippen LogP contribution is -1.97. The maximum atomic E-state index is 5.89. The van der Waals surface area contributed by atoms with Gasteiger partial charge in [0.15, 0.2) is 0 Å². The van der Waals surface area contributed by atoms with E-state index in [-0.39, 0.29) is 0 Å². The maximum Gasteiger partial charge on any atom is 0.123 e. The largest absolute Gasteiger partial charge is 0.488 e. The van der Waals surface area contributed by atoms with Crippen LogP contribution in [-0.2, 0) is 6.61 Å². The van der Waals surface area contributed by atoms with Crippen LogP contribution in [0.4, 0.5) is 0 Å². The average Bonchev–Trinajstić information content (AvgIpc) is 2.67. The van der Waals surface area contributed by atoms with Crippen LogP contribution in [0.3, 0.4) is 0 Å². The van der Waals surface area contributed by atoms with Crippen molar-refractivity contribution < 1.29 is 4.74 Å². The minimum Gasteiger partial charge on any atom is -0.488 e. The number of thiophene rings is 1. The molecule has 1 aromatic heterocycles. The normalized spacial score (nSPS) is 10.6. The van der Waals surface area contributed by atoms with Crippen LogP contribution >= 0.6 is 27.3 Å². The number of halogens is 1. The van der Waals surface area contributed by atoms with Crippen molar-refractivity contribution in [2.75, 3.05) is 0 Å². The van der Waals surface area contributed by atoms with E-state index in [0.29, 0.717) is 6.61 Å². The van der Waals surface area contributed by atoms with Crippen molar-refractivity contribution in [2.24, 2.45) is 0 Å². The van der Waals surface area contributed by atoms with Crippen LogP contribution in [0.1, 0.15) is 21.6 Å². The predicted molar refractivity (Wildman–Crippen MR) is 77.0 cm³/mol. The Hall–Kier alpha value is -0.800. The molecule has 1 heterocycles. The van der Waals surface area contributed by atoms with Gasteiger partial charge in [-0.25, -0.2) is 0 Å². The molecule has 0 aliphatic heterocycles. The molecular weight excluding hydrogens is 296 g/mol. The molecule has 0 radical (unpaired) electrons. The minimum absolute atomic E-state index is 0.639. The fourth-order valence-corrected chi connectivity index (χ4v) is 3.13. The molecule has 17 heavy (non-hydrogen) atoms. The molecule has 2 rings (SSSR count). The lowest BCUT2D eigenvalue weighted by Gasteiger charge is -2.11. The van der Waals surface area contributed by atoms with E-state index in [1.807, 2.05) is 0 Å². The SMILES string of the molecule is Cc1cc(C)c(C)c(OCc2ccc(Br)s2)c1. The highest BCUT2D eigenvalue weighted by atomic mass is 79.9. The molecule has 0 bridgehead atoms. The van der Waals surface area contributed by atoms with Gasteiger partial charge >= 0.3 is 0 Å². The van der Waals surface area contributed by atoms with Crippen molar-refractivity contribution in [3.63, 3.8) is 0 Å². The van der Waals surface area contributed by atoms with Gasteiger partial charge in [-0.1, -0.05) is 6.07 Å². The van der Waals surface area contributed by atoms with E-state index in [4.69, 9.17) is 4.74 Å². The zero-order valence-corrected chi connectivity index (χ0v) is 12.6. The molecule has 3 heteroatoms. The third-order valence-corrected chi connectivity index (χ3v) is 4.36. The zero-order chi connectivity index (χ0) is 12.4. The summed E-state index contributed by atoms with van der Waals surface area (Å²) in [4.78, 5) is 1.23. The van der Waals surface area contributed by atoms with Gasteiger partial charge in [-0.05, 0) is 71.6 Å². The molecule has 1 nitrogen and oxygen atoms in total. The lowest BCUT2D eigenvalue weighted by molar-refractivity contribution is 0.307. The first-order valence-corrected chi connectivity index (χ1v) is 7.12. The zero-order valence-electron chi connectivity index (χ0n) is 10.2. The molecule has 0 saturated carbocycles. The monoisotopic (exact) mass is 310 g/mol. The summed E-state index contributed by atoms with van der Waals surface area (Å²) in [7, 11) is 0. The van der Waals surface area contributed by atoms with Gasteiger partial charge < -0.3 is 4.74 Å². The van der Waals surface area contributed by atoms with Gasteiger partial charge in [0.05, 0.1) is 3.79 Å². The summed E-state index contributed by atoms with van der Waals surface area (Å²) < 4.78 is 7.03. The van der Waals surface area contributed by atoms with Crippen molar-refractivity contribution in [3.8, 4) is 5.75 Å². The van der Waals surface area contributed by atoms with E-state index < -0.39 is 0 Å². The number of aryl methyl sites for hydroxylation is 2. The average molecular weight is 311 g/mol. The lowest BCUT2D eigenvalue weighted by atomic mass is 10.1. The van der Waals surface area contributed by atoms with Crippen LogP contribution in [0, 0.1) is 20.8 Å². The first-order valence-electron chi connectivity index (χ1n) is 5.51. The summed E-state index contributed by atoms with van der Waals surface area (Å²) in [6, 6.07) is 8.43. The van der Waals surface area contributed by atoms with Crippen molar-refractivity contribution in [2.45, 2.75) is 27.4 Å². The number of hydrogen-bond acceptors (Lipinski definition) is 2. The Kier molecular flexibility index (Phi) is 3.89. The van der Waals surface area contributed by atoms with Gasteiger partial charge in [-0.3, -0.25) is 0 Å². The molecule has 0 N–H and O–H groups in total. The van der Waals surface area contributed by atoms with E-state index >= 15 is 0 Å². The number of benzene rings is 1. The van der Waals surface area contributed by atoms with Gasteiger partial charge in [0.25, 0.3) is 0 Å². The summed E-state index contributed by atoms with van der Waals surface area (Å²) >= 11 is 5.17.